The third kappa shape index (κ3) is 4.12. The van der Waals surface area contributed by atoms with Crippen molar-refractivity contribution in [3.05, 3.63) is 47.7 Å². The summed E-state index contributed by atoms with van der Waals surface area (Å²) in [6.07, 6.45) is 1.64. The van der Waals surface area contributed by atoms with Crippen LogP contribution in [0.3, 0.4) is 0 Å². The fourth-order valence-corrected chi connectivity index (χ4v) is 3.18. The number of aromatic nitrogens is 1. The zero-order chi connectivity index (χ0) is 18.7. The van der Waals surface area contributed by atoms with Gasteiger partial charge in [-0.25, -0.2) is 0 Å². The van der Waals surface area contributed by atoms with E-state index in [0.717, 1.165) is 12.8 Å². The average Bonchev–Trinajstić information content (AvgIpc) is 3.35. The fraction of sp³-hybridized carbons (Fsp3) is 0.450. The number of carbonyl (C=O) groups is 2. The number of aryl methyl sites for hydroxylation is 1. The van der Waals surface area contributed by atoms with Crippen molar-refractivity contribution in [3.63, 3.8) is 0 Å². The van der Waals surface area contributed by atoms with Crippen LogP contribution in [0.2, 0.25) is 0 Å². The van der Waals surface area contributed by atoms with E-state index in [1.165, 1.54) is 5.56 Å². The van der Waals surface area contributed by atoms with E-state index in [4.69, 9.17) is 4.52 Å². The van der Waals surface area contributed by atoms with Gasteiger partial charge < -0.3 is 14.7 Å². The first-order valence-electron chi connectivity index (χ1n) is 9.08. The summed E-state index contributed by atoms with van der Waals surface area (Å²) in [7, 11) is 0. The van der Waals surface area contributed by atoms with E-state index >= 15 is 0 Å². The standard InChI is InChI=1S/C20H25N3O3/c1-4-13(2)23(12-19(24)21-18-10-14(3)26-22-18)20(25)17-11-16(17)15-8-6-5-7-9-15/h5-10,13,16-17H,4,11-12H2,1-3H3,(H,21,22,24). The van der Waals surface area contributed by atoms with Crippen molar-refractivity contribution in [2.75, 3.05) is 11.9 Å². The lowest BCUT2D eigenvalue weighted by Gasteiger charge is -2.28. The Morgan fingerprint density at radius 1 is 1.35 bits per heavy atom. The Morgan fingerprint density at radius 2 is 2.08 bits per heavy atom. The van der Waals surface area contributed by atoms with Crippen molar-refractivity contribution >= 4 is 17.6 Å². The van der Waals surface area contributed by atoms with Crippen LogP contribution >= 0.6 is 0 Å². The quantitative estimate of drug-likeness (QED) is 0.826. The van der Waals surface area contributed by atoms with Crippen molar-refractivity contribution in [1.29, 1.82) is 0 Å². The van der Waals surface area contributed by atoms with Crippen LogP contribution in [0.4, 0.5) is 5.82 Å². The molecule has 1 heterocycles. The minimum Gasteiger partial charge on any atom is -0.360 e. The highest BCUT2D eigenvalue weighted by molar-refractivity contribution is 5.94. The highest BCUT2D eigenvalue weighted by Crippen LogP contribution is 2.48. The number of anilines is 1. The van der Waals surface area contributed by atoms with Crippen molar-refractivity contribution in [2.24, 2.45) is 5.92 Å². The summed E-state index contributed by atoms with van der Waals surface area (Å²) in [4.78, 5) is 27.0. The first-order chi connectivity index (χ1) is 12.5. The largest absolute Gasteiger partial charge is 0.360 e. The second-order valence-electron chi connectivity index (χ2n) is 6.95. The molecule has 1 aromatic heterocycles. The van der Waals surface area contributed by atoms with Gasteiger partial charge in [0.25, 0.3) is 0 Å². The van der Waals surface area contributed by atoms with E-state index in [2.05, 4.69) is 22.6 Å². The minimum atomic E-state index is -0.260. The van der Waals surface area contributed by atoms with E-state index in [0.29, 0.717) is 11.6 Å². The topological polar surface area (TPSA) is 75.4 Å². The van der Waals surface area contributed by atoms with Gasteiger partial charge in [-0.3, -0.25) is 9.59 Å². The Bertz CT molecular complexity index is 772. The fourth-order valence-electron chi connectivity index (χ4n) is 3.18. The number of carbonyl (C=O) groups excluding carboxylic acids is 2. The van der Waals surface area contributed by atoms with Gasteiger partial charge in [0.05, 0.1) is 0 Å². The summed E-state index contributed by atoms with van der Waals surface area (Å²) < 4.78 is 4.95. The minimum absolute atomic E-state index is 0.00400. The maximum atomic E-state index is 13.0. The molecule has 0 saturated heterocycles. The predicted octanol–water partition coefficient (Wildman–Crippen LogP) is 3.35. The van der Waals surface area contributed by atoms with Crippen molar-refractivity contribution in [1.82, 2.24) is 10.1 Å². The van der Waals surface area contributed by atoms with E-state index in [1.54, 1.807) is 17.9 Å². The molecule has 2 aromatic rings. The van der Waals surface area contributed by atoms with E-state index < -0.39 is 0 Å². The van der Waals surface area contributed by atoms with Crippen molar-refractivity contribution < 1.29 is 14.1 Å². The van der Waals surface area contributed by atoms with Crippen molar-refractivity contribution in [2.45, 2.75) is 45.6 Å². The summed E-state index contributed by atoms with van der Waals surface area (Å²) in [6, 6.07) is 11.7. The van der Waals surface area contributed by atoms with Gasteiger partial charge in [-0.15, -0.1) is 0 Å². The molecule has 0 radical (unpaired) electrons. The van der Waals surface area contributed by atoms with Crippen molar-refractivity contribution in [3.8, 4) is 0 Å². The lowest BCUT2D eigenvalue weighted by molar-refractivity contribution is -0.138. The predicted molar refractivity (Wildman–Crippen MR) is 98.6 cm³/mol. The molecular weight excluding hydrogens is 330 g/mol. The normalized spacial score (nSPS) is 19.7. The smallest absolute Gasteiger partial charge is 0.245 e. The molecule has 1 aliphatic rings. The molecule has 2 amide bonds. The molecule has 138 valence electrons. The number of rotatable bonds is 7. The molecule has 6 nitrogen and oxygen atoms in total. The zero-order valence-corrected chi connectivity index (χ0v) is 15.4. The van der Waals surface area contributed by atoms with Gasteiger partial charge in [0.2, 0.25) is 11.8 Å². The van der Waals surface area contributed by atoms with Crippen LogP contribution in [-0.2, 0) is 9.59 Å². The Kier molecular flexibility index (Phi) is 5.40. The van der Waals surface area contributed by atoms with Crippen LogP contribution in [0.15, 0.2) is 40.9 Å². The third-order valence-electron chi connectivity index (χ3n) is 4.95. The summed E-state index contributed by atoms with van der Waals surface area (Å²) in [5.74, 6) is 1.02. The molecule has 1 aromatic carbocycles. The van der Waals surface area contributed by atoms with Gasteiger partial charge in [-0.1, -0.05) is 42.4 Å². The van der Waals surface area contributed by atoms with Gasteiger partial charge in [0.1, 0.15) is 12.3 Å². The van der Waals surface area contributed by atoms with Gasteiger partial charge in [-0.05, 0) is 38.2 Å². The monoisotopic (exact) mass is 355 g/mol. The Balaban J connectivity index is 1.64. The molecule has 3 rings (SSSR count). The summed E-state index contributed by atoms with van der Waals surface area (Å²) in [5.41, 5.74) is 1.19. The van der Waals surface area contributed by atoms with Crippen LogP contribution in [0, 0.1) is 12.8 Å². The third-order valence-corrected chi connectivity index (χ3v) is 4.95. The highest BCUT2D eigenvalue weighted by atomic mass is 16.5. The van der Waals surface area contributed by atoms with Crippen LogP contribution in [0.5, 0.6) is 0 Å². The zero-order valence-electron chi connectivity index (χ0n) is 15.4. The van der Waals surface area contributed by atoms with Gasteiger partial charge in [-0.2, -0.15) is 0 Å². The number of amides is 2. The molecule has 26 heavy (non-hydrogen) atoms. The van der Waals surface area contributed by atoms with E-state index in [9.17, 15) is 9.59 Å². The van der Waals surface area contributed by atoms with Gasteiger partial charge in [0, 0.05) is 18.0 Å². The second-order valence-corrected chi connectivity index (χ2v) is 6.95. The molecule has 1 aliphatic carbocycles. The van der Waals surface area contributed by atoms with Gasteiger partial charge >= 0.3 is 0 Å². The van der Waals surface area contributed by atoms with E-state index in [-0.39, 0.29) is 36.2 Å². The molecule has 0 aliphatic heterocycles. The van der Waals surface area contributed by atoms with E-state index in [1.807, 2.05) is 32.0 Å². The molecule has 0 spiro atoms. The number of hydrogen-bond acceptors (Lipinski definition) is 4. The Morgan fingerprint density at radius 3 is 2.69 bits per heavy atom. The average molecular weight is 355 g/mol. The number of benzene rings is 1. The Hall–Kier alpha value is -2.63. The second kappa shape index (κ2) is 7.72. The molecule has 0 bridgehead atoms. The van der Waals surface area contributed by atoms with Gasteiger partial charge in [0.15, 0.2) is 5.82 Å². The molecule has 1 fully saturated rings. The van der Waals surface area contributed by atoms with Crippen LogP contribution in [0.25, 0.3) is 0 Å². The first-order valence-corrected chi connectivity index (χ1v) is 9.08. The summed E-state index contributed by atoms with van der Waals surface area (Å²) in [5, 5.41) is 6.45. The maximum Gasteiger partial charge on any atom is 0.245 e. The Labute approximate surface area is 153 Å². The first kappa shape index (κ1) is 18.2. The van der Waals surface area contributed by atoms with Crippen LogP contribution < -0.4 is 5.32 Å². The SMILES string of the molecule is CCC(C)N(CC(=O)Nc1cc(C)on1)C(=O)C1CC1c1ccccc1. The number of nitrogens with one attached hydrogen (secondary N) is 1. The van der Waals surface area contributed by atoms with Crippen LogP contribution in [0.1, 0.15) is 43.9 Å². The number of hydrogen-bond donors (Lipinski definition) is 1. The molecule has 1 saturated carbocycles. The molecule has 6 heteroatoms. The molecular formula is C20H25N3O3. The molecule has 3 atom stereocenters. The molecule has 3 unspecified atom stereocenters. The maximum absolute atomic E-state index is 13.0. The summed E-state index contributed by atoms with van der Waals surface area (Å²) in [6.45, 7) is 5.78. The molecule has 1 N–H and O–H groups in total. The van der Waals surface area contributed by atoms with Crippen LogP contribution in [-0.4, -0.2) is 34.5 Å². The lowest BCUT2D eigenvalue weighted by Crippen LogP contribution is -2.44. The highest BCUT2D eigenvalue weighted by Gasteiger charge is 2.46. The summed E-state index contributed by atoms with van der Waals surface area (Å²) >= 11 is 0. The lowest BCUT2D eigenvalue weighted by atomic mass is 10.1. The number of nitrogens with zero attached hydrogens (tertiary/aromatic N) is 2.